The SMILES string of the molecule is COC(=O)c1ccc(C(=O)c2c(C(=O)c3cc(Cl)cc(Cl)c3)c(C=O)cc(C(=O)c3ccc(C(C)=O)cc3)c2[N+](=O)[O-])cc1. The standard InChI is InChI=1S/C32H19Cl2NO9/c1-16(37)17-3-5-18(6-4-17)29(38)25-13-22(15-36)26(31(40)21-11-23(33)14-24(34)12-21)27(28(25)35(42)43)30(39)19-7-9-20(10-8-19)32(41)44-2/h3-15H,1-2H3. The molecule has 0 bridgehead atoms. The number of nitro benzene ring substituents is 1. The van der Waals surface area contributed by atoms with Gasteiger partial charge in [-0.3, -0.25) is 34.1 Å². The smallest absolute Gasteiger partial charge is 0.337 e. The van der Waals surface area contributed by atoms with E-state index in [2.05, 4.69) is 4.74 Å². The van der Waals surface area contributed by atoms with E-state index in [1.807, 2.05) is 0 Å². The van der Waals surface area contributed by atoms with E-state index in [0.29, 0.717) is 0 Å². The molecule has 0 radical (unpaired) electrons. The summed E-state index contributed by atoms with van der Waals surface area (Å²) in [4.78, 5) is 89.1. The molecule has 0 heterocycles. The van der Waals surface area contributed by atoms with Gasteiger partial charge in [0, 0.05) is 37.9 Å². The molecular formula is C32H19Cl2NO9. The highest BCUT2D eigenvalue weighted by molar-refractivity contribution is 6.36. The van der Waals surface area contributed by atoms with Gasteiger partial charge in [0.15, 0.2) is 23.6 Å². The molecule has 4 aromatic rings. The maximum absolute atomic E-state index is 14.0. The van der Waals surface area contributed by atoms with Crippen LogP contribution >= 0.6 is 23.2 Å². The highest BCUT2D eigenvalue weighted by Gasteiger charge is 2.37. The fourth-order valence-corrected chi connectivity index (χ4v) is 5.00. The number of halogens is 2. The lowest BCUT2D eigenvalue weighted by atomic mass is 9.85. The van der Waals surface area contributed by atoms with Crippen molar-refractivity contribution < 1.29 is 38.4 Å². The molecule has 0 atom stereocenters. The van der Waals surface area contributed by atoms with Gasteiger partial charge >= 0.3 is 5.97 Å². The van der Waals surface area contributed by atoms with Crippen LogP contribution in [0.25, 0.3) is 0 Å². The Morgan fingerprint density at radius 1 is 0.705 bits per heavy atom. The Morgan fingerprint density at radius 2 is 1.18 bits per heavy atom. The number of ether oxygens (including phenoxy) is 1. The average Bonchev–Trinajstić information content (AvgIpc) is 3.01. The summed E-state index contributed by atoms with van der Waals surface area (Å²) in [5.41, 5.74) is -3.80. The Morgan fingerprint density at radius 3 is 1.66 bits per heavy atom. The number of carbonyl (C=O) groups excluding carboxylic acids is 6. The molecule has 220 valence electrons. The van der Waals surface area contributed by atoms with Crippen molar-refractivity contribution in [3.8, 4) is 0 Å². The second-order valence-electron chi connectivity index (χ2n) is 9.33. The van der Waals surface area contributed by atoms with Gasteiger partial charge < -0.3 is 4.74 Å². The van der Waals surface area contributed by atoms with Crippen molar-refractivity contribution in [3.05, 3.63) is 143 Å². The third-order valence-corrected chi connectivity index (χ3v) is 7.02. The summed E-state index contributed by atoms with van der Waals surface area (Å²) >= 11 is 12.1. The average molecular weight is 632 g/mol. The van der Waals surface area contributed by atoms with E-state index < -0.39 is 56.2 Å². The van der Waals surface area contributed by atoms with Crippen LogP contribution in [0.15, 0.2) is 72.8 Å². The molecule has 0 unspecified atom stereocenters. The first-order valence-electron chi connectivity index (χ1n) is 12.6. The zero-order valence-electron chi connectivity index (χ0n) is 22.9. The van der Waals surface area contributed by atoms with Crippen molar-refractivity contribution in [1.82, 2.24) is 0 Å². The van der Waals surface area contributed by atoms with Crippen LogP contribution < -0.4 is 0 Å². The van der Waals surface area contributed by atoms with Crippen molar-refractivity contribution in [2.24, 2.45) is 0 Å². The summed E-state index contributed by atoms with van der Waals surface area (Å²) in [7, 11) is 1.15. The molecule has 0 aromatic heterocycles. The van der Waals surface area contributed by atoms with Gasteiger partial charge in [-0.25, -0.2) is 4.79 Å². The Bertz CT molecular complexity index is 1880. The third kappa shape index (κ3) is 6.22. The van der Waals surface area contributed by atoms with Crippen LogP contribution in [0.1, 0.15) is 85.8 Å². The van der Waals surface area contributed by atoms with E-state index in [1.54, 1.807) is 0 Å². The Hall–Kier alpha value is -5.32. The highest BCUT2D eigenvalue weighted by atomic mass is 35.5. The molecule has 0 aliphatic rings. The second kappa shape index (κ2) is 12.9. The van der Waals surface area contributed by atoms with Crippen molar-refractivity contribution in [3.63, 3.8) is 0 Å². The van der Waals surface area contributed by atoms with Crippen LogP contribution in [-0.2, 0) is 4.74 Å². The molecule has 0 amide bonds. The highest BCUT2D eigenvalue weighted by Crippen LogP contribution is 2.35. The first-order chi connectivity index (χ1) is 20.9. The number of nitrogens with zero attached hydrogens (tertiary/aromatic N) is 1. The van der Waals surface area contributed by atoms with Gasteiger partial charge in [0.2, 0.25) is 5.78 Å². The lowest BCUT2D eigenvalue weighted by Crippen LogP contribution is -2.20. The number of nitro groups is 1. The van der Waals surface area contributed by atoms with Crippen LogP contribution in [0.5, 0.6) is 0 Å². The first-order valence-corrected chi connectivity index (χ1v) is 13.3. The predicted octanol–water partition coefficient (Wildman–Crippen LogP) is 6.40. The van der Waals surface area contributed by atoms with Gasteiger partial charge in [-0.2, -0.15) is 0 Å². The maximum Gasteiger partial charge on any atom is 0.337 e. The van der Waals surface area contributed by atoms with Gasteiger partial charge in [-0.15, -0.1) is 0 Å². The lowest BCUT2D eigenvalue weighted by molar-refractivity contribution is -0.385. The van der Waals surface area contributed by atoms with E-state index >= 15 is 0 Å². The summed E-state index contributed by atoms with van der Waals surface area (Å²) in [5, 5.41) is 12.7. The number of carbonyl (C=O) groups is 6. The molecule has 0 saturated heterocycles. The van der Waals surface area contributed by atoms with E-state index in [1.165, 1.54) is 73.7 Å². The molecule has 10 nitrogen and oxygen atoms in total. The lowest BCUT2D eigenvalue weighted by Gasteiger charge is -2.15. The summed E-state index contributed by atoms with van der Waals surface area (Å²) in [6.07, 6.45) is 0.190. The number of methoxy groups -OCH3 is 1. The number of rotatable bonds is 10. The molecule has 0 aliphatic heterocycles. The fourth-order valence-electron chi connectivity index (χ4n) is 4.48. The fraction of sp³-hybridized carbons (Fsp3) is 0.0625. The largest absolute Gasteiger partial charge is 0.465 e. The van der Waals surface area contributed by atoms with Crippen LogP contribution in [0.2, 0.25) is 10.0 Å². The van der Waals surface area contributed by atoms with Gasteiger partial charge in [0.1, 0.15) is 11.1 Å². The minimum atomic E-state index is -1.09. The maximum atomic E-state index is 14.0. The molecule has 0 spiro atoms. The Labute approximate surface area is 259 Å². The number of hydrogen-bond acceptors (Lipinski definition) is 9. The third-order valence-electron chi connectivity index (χ3n) is 6.59. The summed E-state index contributed by atoms with van der Waals surface area (Å²) in [6, 6.07) is 14.6. The predicted molar refractivity (Wildman–Crippen MR) is 159 cm³/mol. The number of Topliss-reactive ketones (excluding diaryl/α,β-unsaturated/α-hetero) is 1. The Balaban J connectivity index is 2.05. The number of esters is 1. The molecule has 44 heavy (non-hydrogen) atoms. The number of benzene rings is 4. The van der Waals surface area contributed by atoms with Gasteiger partial charge in [0.25, 0.3) is 5.69 Å². The quantitative estimate of drug-likeness (QED) is 0.0635. The molecule has 0 N–H and O–H groups in total. The summed E-state index contributed by atoms with van der Waals surface area (Å²) in [6.45, 7) is 1.32. The van der Waals surface area contributed by atoms with Crippen molar-refractivity contribution in [1.29, 1.82) is 0 Å². The van der Waals surface area contributed by atoms with E-state index in [4.69, 9.17) is 23.2 Å². The molecular weight excluding hydrogens is 613 g/mol. The first kappa shape index (κ1) is 31.6. The molecule has 0 saturated carbocycles. The summed E-state index contributed by atoms with van der Waals surface area (Å²) in [5.74, 6) is -4.04. The second-order valence-corrected chi connectivity index (χ2v) is 10.2. The normalized spacial score (nSPS) is 10.5. The monoisotopic (exact) mass is 631 g/mol. The minimum Gasteiger partial charge on any atom is -0.465 e. The van der Waals surface area contributed by atoms with Gasteiger partial charge in [-0.05, 0) is 43.3 Å². The number of ketones is 4. The molecule has 4 aromatic carbocycles. The number of hydrogen-bond donors (Lipinski definition) is 0. The summed E-state index contributed by atoms with van der Waals surface area (Å²) < 4.78 is 4.65. The zero-order valence-corrected chi connectivity index (χ0v) is 24.4. The number of aldehydes is 1. The molecule has 4 rings (SSSR count). The molecule has 0 fully saturated rings. The van der Waals surface area contributed by atoms with E-state index in [0.717, 1.165) is 13.2 Å². The van der Waals surface area contributed by atoms with Gasteiger partial charge in [0.05, 0.1) is 23.2 Å². The Kier molecular flexibility index (Phi) is 9.27. The zero-order chi connectivity index (χ0) is 32.3. The molecule has 0 aliphatic carbocycles. The van der Waals surface area contributed by atoms with Crippen LogP contribution in [0.4, 0.5) is 5.69 Å². The van der Waals surface area contributed by atoms with Crippen molar-refractivity contribution in [2.45, 2.75) is 6.92 Å². The van der Waals surface area contributed by atoms with Crippen LogP contribution in [0, 0.1) is 10.1 Å². The van der Waals surface area contributed by atoms with Crippen molar-refractivity contribution in [2.75, 3.05) is 7.11 Å². The van der Waals surface area contributed by atoms with Gasteiger partial charge in [-0.1, -0.05) is 59.6 Å². The van der Waals surface area contributed by atoms with Crippen LogP contribution in [0.3, 0.4) is 0 Å². The van der Waals surface area contributed by atoms with E-state index in [-0.39, 0.29) is 49.9 Å². The minimum absolute atomic E-state index is 0.0371. The van der Waals surface area contributed by atoms with Crippen molar-refractivity contribution >= 4 is 64.3 Å². The molecule has 12 heteroatoms. The van der Waals surface area contributed by atoms with Crippen LogP contribution in [-0.4, -0.2) is 47.4 Å². The van der Waals surface area contributed by atoms with E-state index in [9.17, 15) is 38.9 Å². The topological polar surface area (TPSA) is 155 Å².